The summed E-state index contributed by atoms with van der Waals surface area (Å²) < 4.78 is 31.6. The molecule has 0 saturated heterocycles. The molecule has 36 heavy (non-hydrogen) atoms. The molecule has 8 nitrogen and oxygen atoms in total. The lowest BCUT2D eigenvalue weighted by Crippen LogP contribution is -2.52. The number of anilines is 1. The molecule has 1 fully saturated rings. The summed E-state index contributed by atoms with van der Waals surface area (Å²) in [6.07, 6.45) is 4.90. The summed E-state index contributed by atoms with van der Waals surface area (Å²) in [5, 5.41) is 3.45. The maximum atomic E-state index is 13.6. The van der Waals surface area contributed by atoms with Gasteiger partial charge in [-0.2, -0.15) is 0 Å². The van der Waals surface area contributed by atoms with Gasteiger partial charge in [0.15, 0.2) is 0 Å². The Bertz CT molecular complexity index is 1200. The Hall–Kier alpha value is -2.49. The number of methoxy groups -OCH3 is 1. The van der Waals surface area contributed by atoms with Gasteiger partial charge in [-0.1, -0.05) is 48.2 Å². The normalized spacial score (nSPS) is 14.8. The summed E-state index contributed by atoms with van der Waals surface area (Å²) >= 11 is 12.2. The van der Waals surface area contributed by atoms with Gasteiger partial charge >= 0.3 is 0 Å². The number of amides is 2. The Morgan fingerprint density at radius 3 is 2.44 bits per heavy atom. The largest absolute Gasteiger partial charge is 0.497 e. The molecular weight excluding hydrogens is 525 g/mol. The molecule has 0 bridgehead atoms. The van der Waals surface area contributed by atoms with E-state index in [1.807, 2.05) is 6.07 Å². The standard InChI is InChI=1S/C25H31Cl2N3O5S/c1-17(25(32)28-20-8-4-5-9-20)29(15-18-7-6-10-21(13-18)35-2)24(31)16-30(36(3,33)34)23-12-11-19(26)14-22(23)27/h6-7,10-14,17,20H,4-5,8-9,15-16H2,1-3H3,(H,28,32)/t17-/m1/s1. The first kappa shape index (κ1) is 28.1. The van der Waals surface area contributed by atoms with Crippen molar-refractivity contribution in [2.75, 3.05) is 24.2 Å². The molecule has 0 aliphatic heterocycles. The van der Waals surface area contributed by atoms with E-state index in [2.05, 4.69) is 5.32 Å². The fraction of sp³-hybridized carbons (Fsp3) is 0.440. The Balaban J connectivity index is 1.91. The molecule has 11 heteroatoms. The maximum Gasteiger partial charge on any atom is 0.244 e. The van der Waals surface area contributed by atoms with Crippen molar-refractivity contribution in [3.63, 3.8) is 0 Å². The van der Waals surface area contributed by atoms with Gasteiger partial charge in [-0.3, -0.25) is 13.9 Å². The average Bonchev–Trinajstić information content (AvgIpc) is 3.33. The minimum Gasteiger partial charge on any atom is -0.497 e. The van der Waals surface area contributed by atoms with Crippen molar-refractivity contribution in [2.24, 2.45) is 0 Å². The molecule has 196 valence electrons. The van der Waals surface area contributed by atoms with Gasteiger partial charge in [0.25, 0.3) is 0 Å². The van der Waals surface area contributed by atoms with E-state index >= 15 is 0 Å². The molecule has 2 aromatic rings. The number of sulfonamides is 1. The van der Waals surface area contributed by atoms with E-state index in [1.165, 1.54) is 23.1 Å². The third-order valence-corrected chi connectivity index (χ3v) is 7.88. The van der Waals surface area contributed by atoms with Crippen molar-refractivity contribution < 1.29 is 22.7 Å². The Kier molecular flexibility index (Phi) is 9.49. The predicted molar refractivity (Wildman–Crippen MR) is 142 cm³/mol. The summed E-state index contributed by atoms with van der Waals surface area (Å²) in [6, 6.07) is 10.7. The number of nitrogens with zero attached hydrogens (tertiary/aromatic N) is 2. The van der Waals surface area contributed by atoms with Crippen molar-refractivity contribution in [2.45, 2.75) is 51.2 Å². The van der Waals surface area contributed by atoms with E-state index in [-0.39, 0.29) is 29.2 Å². The van der Waals surface area contributed by atoms with Crippen molar-refractivity contribution in [3.8, 4) is 5.75 Å². The minimum atomic E-state index is -3.89. The van der Waals surface area contributed by atoms with Crippen molar-refractivity contribution >= 4 is 50.7 Å². The van der Waals surface area contributed by atoms with Gasteiger partial charge in [-0.05, 0) is 55.7 Å². The lowest BCUT2D eigenvalue weighted by molar-refractivity contribution is -0.139. The number of carbonyl (C=O) groups is 2. The molecule has 1 atom stereocenters. The second-order valence-corrected chi connectivity index (χ2v) is 11.7. The zero-order chi connectivity index (χ0) is 26.5. The number of halogens is 2. The molecule has 0 radical (unpaired) electrons. The second-order valence-electron chi connectivity index (χ2n) is 8.90. The number of rotatable bonds is 10. The molecule has 2 amide bonds. The number of hydrogen-bond acceptors (Lipinski definition) is 5. The monoisotopic (exact) mass is 555 g/mol. The molecule has 1 saturated carbocycles. The highest BCUT2D eigenvalue weighted by atomic mass is 35.5. The third kappa shape index (κ3) is 7.27. The number of benzene rings is 2. The van der Waals surface area contributed by atoms with Gasteiger partial charge in [0.1, 0.15) is 18.3 Å². The number of carbonyl (C=O) groups excluding carboxylic acids is 2. The number of nitrogens with one attached hydrogen (secondary N) is 1. The summed E-state index contributed by atoms with van der Waals surface area (Å²) in [5.74, 6) is -0.231. The number of hydrogen-bond donors (Lipinski definition) is 1. The molecule has 3 rings (SSSR count). The predicted octanol–water partition coefficient (Wildman–Crippen LogP) is 4.24. The lowest BCUT2D eigenvalue weighted by atomic mass is 10.1. The Morgan fingerprint density at radius 1 is 1.14 bits per heavy atom. The van der Waals surface area contributed by atoms with Crippen LogP contribution in [0.4, 0.5) is 5.69 Å². The Labute approximate surface area is 222 Å². The molecule has 0 unspecified atom stereocenters. The van der Waals surface area contributed by atoms with Crippen LogP contribution in [0.5, 0.6) is 5.75 Å². The molecule has 2 aromatic carbocycles. The minimum absolute atomic E-state index is 0.0779. The van der Waals surface area contributed by atoms with Gasteiger partial charge in [0.05, 0.1) is 24.1 Å². The van der Waals surface area contributed by atoms with E-state index in [1.54, 1.807) is 32.2 Å². The first-order valence-corrected chi connectivity index (χ1v) is 14.3. The second kappa shape index (κ2) is 12.2. The van der Waals surface area contributed by atoms with Crippen LogP contribution in [-0.2, 0) is 26.2 Å². The van der Waals surface area contributed by atoms with Crippen LogP contribution in [0.25, 0.3) is 0 Å². The van der Waals surface area contributed by atoms with Crippen LogP contribution in [-0.4, -0.2) is 57.1 Å². The highest BCUT2D eigenvalue weighted by molar-refractivity contribution is 7.92. The van der Waals surface area contributed by atoms with Crippen LogP contribution in [0.15, 0.2) is 42.5 Å². The van der Waals surface area contributed by atoms with Gasteiger partial charge in [0.2, 0.25) is 21.8 Å². The molecular formula is C25H31Cl2N3O5S. The van der Waals surface area contributed by atoms with Gasteiger partial charge in [-0.15, -0.1) is 0 Å². The lowest BCUT2D eigenvalue weighted by Gasteiger charge is -2.32. The molecule has 0 aromatic heterocycles. The fourth-order valence-electron chi connectivity index (χ4n) is 4.22. The van der Waals surface area contributed by atoms with E-state index in [0.717, 1.165) is 41.8 Å². The van der Waals surface area contributed by atoms with Crippen LogP contribution >= 0.6 is 23.2 Å². The summed E-state index contributed by atoms with van der Waals surface area (Å²) in [5.41, 5.74) is 0.861. The fourth-order valence-corrected chi connectivity index (χ4v) is 5.64. The average molecular weight is 557 g/mol. The smallest absolute Gasteiger partial charge is 0.244 e. The van der Waals surface area contributed by atoms with Crippen molar-refractivity contribution in [1.29, 1.82) is 0 Å². The van der Waals surface area contributed by atoms with E-state index in [9.17, 15) is 18.0 Å². The van der Waals surface area contributed by atoms with Crippen LogP contribution in [0.1, 0.15) is 38.2 Å². The number of ether oxygens (including phenoxy) is 1. The topological polar surface area (TPSA) is 96.0 Å². The molecule has 1 N–H and O–H groups in total. The maximum absolute atomic E-state index is 13.6. The molecule has 1 aliphatic carbocycles. The SMILES string of the molecule is COc1cccc(CN(C(=O)CN(c2ccc(Cl)cc2Cl)S(C)(=O)=O)[C@H](C)C(=O)NC2CCCC2)c1. The van der Waals surface area contributed by atoms with E-state index in [4.69, 9.17) is 27.9 Å². The van der Waals surface area contributed by atoms with Gasteiger partial charge in [-0.25, -0.2) is 8.42 Å². The van der Waals surface area contributed by atoms with E-state index in [0.29, 0.717) is 10.8 Å². The molecule has 1 aliphatic rings. The van der Waals surface area contributed by atoms with Gasteiger partial charge in [0, 0.05) is 17.6 Å². The van der Waals surface area contributed by atoms with Crippen molar-refractivity contribution in [1.82, 2.24) is 10.2 Å². The van der Waals surface area contributed by atoms with E-state index < -0.39 is 28.5 Å². The van der Waals surface area contributed by atoms with Gasteiger partial charge < -0.3 is 15.0 Å². The summed E-state index contributed by atoms with van der Waals surface area (Å²) in [6.45, 7) is 1.19. The highest BCUT2D eigenvalue weighted by Crippen LogP contribution is 2.30. The molecule has 0 heterocycles. The molecule has 0 spiro atoms. The quantitative estimate of drug-likeness (QED) is 0.472. The van der Waals surface area contributed by atoms with Crippen LogP contribution in [0.2, 0.25) is 10.0 Å². The summed E-state index contributed by atoms with van der Waals surface area (Å²) in [4.78, 5) is 28.1. The first-order valence-electron chi connectivity index (χ1n) is 11.6. The zero-order valence-corrected chi connectivity index (χ0v) is 22.9. The highest BCUT2D eigenvalue weighted by Gasteiger charge is 2.32. The van der Waals surface area contributed by atoms with Crippen LogP contribution in [0.3, 0.4) is 0 Å². The summed E-state index contributed by atoms with van der Waals surface area (Å²) in [7, 11) is -2.35. The van der Waals surface area contributed by atoms with Crippen LogP contribution < -0.4 is 14.4 Å². The Morgan fingerprint density at radius 2 is 1.83 bits per heavy atom. The van der Waals surface area contributed by atoms with Crippen molar-refractivity contribution in [3.05, 3.63) is 58.1 Å². The first-order chi connectivity index (χ1) is 17.0. The van der Waals surface area contributed by atoms with Crippen LogP contribution in [0, 0.1) is 0 Å². The third-order valence-electron chi connectivity index (χ3n) is 6.21. The zero-order valence-electron chi connectivity index (χ0n) is 20.5.